The number of hydrogen-bond acceptors (Lipinski definition) is 5. The normalized spacial score (nSPS) is 20.1. The van der Waals surface area contributed by atoms with Crippen LogP contribution in [0.1, 0.15) is 34.1 Å². The van der Waals surface area contributed by atoms with Gasteiger partial charge in [0.1, 0.15) is 5.69 Å². The molecule has 3 amide bonds. The van der Waals surface area contributed by atoms with Crippen molar-refractivity contribution in [1.29, 1.82) is 0 Å². The molecule has 2 aromatic carbocycles. The molecule has 0 aliphatic carbocycles. The lowest BCUT2D eigenvalue weighted by Gasteiger charge is -2.42. The number of benzene rings is 2. The summed E-state index contributed by atoms with van der Waals surface area (Å²) in [7, 11) is 3.31. The number of ketones is 1. The Morgan fingerprint density at radius 2 is 1.55 bits per heavy atom. The van der Waals surface area contributed by atoms with Gasteiger partial charge in [-0.2, -0.15) is 0 Å². The molecule has 3 aromatic rings. The zero-order chi connectivity index (χ0) is 26.6. The zero-order valence-corrected chi connectivity index (χ0v) is 21.8. The van der Waals surface area contributed by atoms with Crippen LogP contribution in [0.5, 0.6) is 0 Å². The number of carbonyl (C=O) groups is 3. The Hall–Kier alpha value is -3.95. The molecule has 38 heavy (non-hydrogen) atoms. The third kappa shape index (κ3) is 5.34. The fourth-order valence-electron chi connectivity index (χ4n) is 5.42. The summed E-state index contributed by atoms with van der Waals surface area (Å²) in [4.78, 5) is 46.7. The van der Waals surface area contributed by atoms with Crippen molar-refractivity contribution >= 4 is 17.7 Å². The van der Waals surface area contributed by atoms with E-state index in [1.165, 1.54) is 0 Å². The SMILES string of the molecule is CO[C@@H]1[C@@H](CC(=O)CN2CN(Cc3ccccc3)CN(C)C2=O)n2cccc2C(=O)N1Cc1ccccc1. The summed E-state index contributed by atoms with van der Waals surface area (Å²) >= 11 is 0. The number of amides is 3. The van der Waals surface area contributed by atoms with Gasteiger partial charge >= 0.3 is 6.03 Å². The fraction of sp³-hybridized carbons (Fsp3) is 0.345. The van der Waals surface area contributed by atoms with Crippen LogP contribution in [0.25, 0.3) is 0 Å². The van der Waals surface area contributed by atoms with E-state index in [0.29, 0.717) is 32.1 Å². The van der Waals surface area contributed by atoms with Crippen molar-refractivity contribution in [2.24, 2.45) is 0 Å². The number of methoxy groups -OCH3 is 1. The summed E-state index contributed by atoms with van der Waals surface area (Å²) in [6.07, 6.45) is 1.32. The average Bonchev–Trinajstić information content (AvgIpc) is 3.41. The van der Waals surface area contributed by atoms with E-state index in [9.17, 15) is 14.4 Å². The van der Waals surface area contributed by atoms with Gasteiger partial charge in [-0.1, -0.05) is 60.7 Å². The molecule has 5 rings (SSSR count). The van der Waals surface area contributed by atoms with Gasteiger partial charge in [0.2, 0.25) is 0 Å². The topological polar surface area (TPSA) is 78.3 Å². The van der Waals surface area contributed by atoms with Crippen molar-refractivity contribution in [2.45, 2.75) is 31.8 Å². The van der Waals surface area contributed by atoms with Crippen LogP contribution in [0.3, 0.4) is 0 Å². The smallest absolute Gasteiger partial charge is 0.322 e. The molecule has 0 spiro atoms. The van der Waals surface area contributed by atoms with Crippen molar-refractivity contribution in [1.82, 2.24) is 24.2 Å². The summed E-state index contributed by atoms with van der Waals surface area (Å²) in [6.45, 7) is 1.91. The molecule has 2 aliphatic heterocycles. The number of fused-ring (bicyclic) bond motifs is 1. The predicted molar refractivity (Wildman–Crippen MR) is 142 cm³/mol. The van der Waals surface area contributed by atoms with E-state index in [0.717, 1.165) is 11.1 Å². The highest BCUT2D eigenvalue weighted by atomic mass is 16.5. The summed E-state index contributed by atoms with van der Waals surface area (Å²) in [5, 5.41) is 0. The van der Waals surface area contributed by atoms with Crippen molar-refractivity contribution in [3.05, 3.63) is 95.8 Å². The number of urea groups is 1. The maximum atomic E-state index is 13.4. The maximum absolute atomic E-state index is 13.4. The molecule has 0 unspecified atom stereocenters. The van der Waals surface area contributed by atoms with Gasteiger partial charge in [-0.25, -0.2) is 4.79 Å². The van der Waals surface area contributed by atoms with E-state index in [1.807, 2.05) is 65.4 Å². The van der Waals surface area contributed by atoms with Crippen molar-refractivity contribution in [2.75, 3.05) is 34.0 Å². The number of nitrogens with zero attached hydrogens (tertiary/aromatic N) is 5. The van der Waals surface area contributed by atoms with Crippen molar-refractivity contribution < 1.29 is 19.1 Å². The summed E-state index contributed by atoms with van der Waals surface area (Å²) in [5.74, 6) is -0.229. The first kappa shape index (κ1) is 25.7. The molecule has 9 heteroatoms. The van der Waals surface area contributed by atoms with Gasteiger partial charge in [0.25, 0.3) is 5.91 Å². The number of aromatic nitrogens is 1. The van der Waals surface area contributed by atoms with Crippen molar-refractivity contribution in [3.63, 3.8) is 0 Å². The lowest BCUT2D eigenvalue weighted by molar-refractivity contribution is -0.125. The van der Waals surface area contributed by atoms with Crippen LogP contribution in [-0.4, -0.2) is 82.2 Å². The third-order valence-electron chi connectivity index (χ3n) is 7.12. The molecular weight excluding hydrogens is 482 g/mol. The second-order valence-electron chi connectivity index (χ2n) is 9.93. The largest absolute Gasteiger partial charge is 0.359 e. The molecule has 3 heterocycles. The molecule has 0 radical (unpaired) electrons. The molecule has 1 fully saturated rings. The maximum Gasteiger partial charge on any atom is 0.322 e. The van der Waals surface area contributed by atoms with Crippen LogP contribution in [0.15, 0.2) is 79.0 Å². The number of ether oxygens (including phenoxy) is 1. The van der Waals surface area contributed by atoms with E-state index < -0.39 is 12.3 Å². The van der Waals surface area contributed by atoms with Gasteiger partial charge in [-0.3, -0.25) is 14.5 Å². The van der Waals surface area contributed by atoms with Crippen LogP contribution in [-0.2, 0) is 22.6 Å². The Morgan fingerprint density at radius 3 is 2.21 bits per heavy atom. The Morgan fingerprint density at radius 1 is 0.895 bits per heavy atom. The standard InChI is InChI=1S/C29H33N5O4/c1-30-20-31(17-22-10-5-3-6-11-22)21-32(29(30)37)19-24(35)16-26-28(38-2)34(18-23-12-7-4-8-13-23)27(36)25-14-9-15-33(25)26/h3-15,26,28H,16-21H2,1-2H3/t26-,28-/m1/s1. The first-order chi connectivity index (χ1) is 18.4. The van der Waals surface area contributed by atoms with Gasteiger partial charge in [0.15, 0.2) is 12.0 Å². The number of hydrogen-bond donors (Lipinski definition) is 0. The van der Waals surface area contributed by atoms with Crippen LogP contribution in [0, 0.1) is 0 Å². The van der Waals surface area contributed by atoms with Gasteiger partial charge in [0.05, 0.1) is 25.9 Å². The molecule has 0 bridgehead atoms. The summed E-state index contributed by atoms with van der Waals surface area (Å²) in [6, 6.07) is 22.8. The van der Waals surface area contributed by atoms with Crippen molar-refractivity contribution in [3.8, 4) is 0 Å². The molecule has 2 aliphatic rings. The van der Waals surface area contributed by atoms with Gasteiger partial charge in [0, 0.05) is 39.9 Å². The zero-order valence-electron chi connectivity index (χ0n) is 21.8. The minimum atomic E-state index is -0.624. The molecule has 9 nitrogen and oxygen atoms in total. The first-order valence-corrected chi connectivity index (χ1v) is 12.8. The highest BCUT2D eigenvalue weighted by Gasteiger charge is 2.41. The highest BCUT2D eigenvalue weighted by Crippen LogP contribution is 2.32. The van der Waals surface area contributed by atoms with E-state index in [4.69, 9.17) is 4.74 Å². The quantitative estimate of drug-likeness (QED) is 0.437. The number of Topliss-reactive ketones (excluding diaryl/α,β-unsaturated/α-hetero) is 1. The Labute approximate surface area is 222 Å². The van der Waals surface area contributed by atoms with E-state index in [2.05, 4.69) is 17.0 Å². The molecule has 2 atom stereocenters. The van der Waals surface area contributed by atoms with Gasteiger partial charge in [-0.15, -0.1) is 0 Å². The lowest BCUT2D eigenvalue weighted by Crippen LogP contribution is -2.57. The van der Waals surface area contributed by atoms with Crippen LogP contribution in [0.4, 0.5) is 4.79 Å². The predicted octanol–water partition coefficient (Wildman–Crippen LogP) is 3.40. The average molecular weight is 516 g/mol. The van der Waals surface area contributed by atoms with E-state index in [1.54, 1.807) is 34.9 Å². The Bertz CT molecular complexity index is 1280. The van der Waals surface area contributed by atoms with Gasteiger partial charge < -0.3 is 24.0 Å². The van der Waals surface area contributed by atoms with Crippen LogP contribution in [0.2, 0.25) is 0 Å². The molecular formula is C29H33N5O4. The Kier molecular flexibility index (Phi) is 7.57. The summed E-state index contributed by atoms with van der Waals surface area (Å²) < 4.78 is 7.67. The van der Waals surface area contributed by atoms with Gasteiger partial charge in [-0.05, 0) is 23.3 Å². The minimum absolute atomic E-state index is 0.00929. The minimum Gasteiger partial charge on any atom is -0.359 e. The van der Waals surface area contributed by atoms with E-state index in [-0.39, 0.29) is 30.7 Å². The van der Waals surface area contributed by atoms with E-state index >= 15 is 0 Å². The number of carbonyl (C=O) groups excluding carboxylic acids is 3. The molecule has 1 saturated heterocycles. The summed E-state index contributed by atoms with van der Waals surface area (Å²) in [5.41, 5.74) is 2.65. The third-order valence-corrected chi connectivity index (χ3v) is 7.12. The van der Waals surface area contributed by atoms with Crippen LogP contribution < -0.4 is 0 Å². The fourth-order valence-corrected chi connectivity index (χ4v) is 5.42. The highest BCUT2D eigenvalue weighted by molar-refractivity contribution is 5.94. The molecule has 1 aromatic heterocycles. The molecule has 0 saturated carbocycles. The second kappa shape index (κ2) is 11.2. The Balaban J connectivity index is 1.31. The molecule has 0 N–H and O–H groups in total. The molecule has 198 valence electrons. The second-order valence-corrected chi connectivity index (χ2v) is 9.93. The number of rotatable bonds is 9. The van der Waals surface area contributed by atoms with Crippen LogP contribution >= 0.6 is 0 Å². The lowest BCUT2D eigenvalue weighted by atomic mass is 10.0. The first-order valence-electron chi connectivity index (χ1n) is 12.8. The monoisotopic (exact) mass is 515 g/mol.